The number of hydrogen-bond donors (Lipinski definition) is 2. The summed E-state index contributed by atoms with van der Waals surface area (Å²) in [5.74, 6) is -0.416. The Hall–Kier alpha value is -2.19. The molecule has 2 heterocycles. The highest BCUT2D eigenvalue weighted by Crippen LogP contribution is 2.38. The molecule has 2 fully saturated rings. The molecule has 2 aromatic rings. The quantitative estimate of drug-likeness (QED) is 0.799. The van der Waals surface area contributed by atoms with Gasteiger partial charge in [0.15, 0.2) is 0 Å². The second kappa shape index (κ2) is 7.57. The number of nitrogens with zero attached hydrogens (tertiary/aromatic N) is 3. The van der Waals surface area contributed by atoms with Crippen LogP contribution in [0.25, 0.3) is 11.3 Å². The van der Waals surface area contributed by atoms with Crippen LogP contribution in [0.4, 0.5) is 13.2 Å². The highest BCUT2D eigenvalue weighted by molar-refractivity contribution is 5.69. The molecule has 1 aromatic heterocycles. The van der Waals surface area contributed by atoms with Crippen LogP contribution in [0.1, 0.15) is 48.6 Å². The Bertz CT molecular complexity index is 899. The monoisotopic (exact) mass is 407 g/mol. The molecule has 0 radical (unpaired) electrons. The fourth-order valence-electron chi connectivity index (χ4n) is 4.14. The number of halogens is 3. The van der Waals surface area contributed by atoms with Crippen LogP contribution in [0, 0.1) is 12.8 Å². The highest BCUT2D eigenvalue weighted by atomic mass is 19.4. The first-order valence-electron chi connectivity index (χ1n) is 9.91. The summed E-state index contributed by atoms with van der Waals surface area (Å²) >= 11 is 0. The molecule has 1 aliphatic carbocycles. The van der Waals surface area contributed by atoms with Crippen LogP contribution >= 0.6 is 0 Å². The molecule has 1 aromatic carbocycles. The number of phenolic OH excluding ortho intramolecular Hbond substituents is 1. The van der Waals surface area contributed by atoms with E-state index in [1.54, 1.807) is 13.0 Å². The van der Waals surface area contributed by atoms with Crippen molar-refractivity contribution in [3.63, 3.8) is 0 Å². The number of alkyl halides is 3. The summed E-state index contributed by atoms with van der Waals surface area (Å²) in [7, 11) is 0. The lowest BCUT2D eigenvalue weighted by Crippen LogP contribution is -2.39. The maximum atomic E-state index is 12.8. The van der Waals surface area contributed by atoms with Crippen molar-refractivity contribution in [3.8, 4) is 17.0 Å². The van der Waals surface area contributed by atoms with Crippen molar-refractivity contribution < 1.29 is 23.4 Å². The number of likely N-dealkylation sites (tertiary alicyclic amines) is 1. The van der Waals surface area contributed by atoms with Crippen molar-refractivity contribution in [1.82, 2.24) is 15.1 Å². The first-order chi connectivity index (χ1) is 13.7. The summed E-state index contributed by atoms with van der Waals surface area (Å²) in [6.45, 7) is 3.66. The Kier molecular flexibility index (Phi) is 5.25. The van der Waals surface area contributed by atoms with Gasteiger partial charge in [0, 0.05) is 24.1 Å². The summed E-state index contributed by atoms with van der Waals surface area (Å²) in [6, 6.07) is 5.16. The third-order valence-electron chi connectivity index (χ3n) is 5.89. The Morgan fingerprint density at radius 2 is 1.90 bits per heavy atom. The smallest absolute Gasteiger partial charge is 0.416 e. The minimum Gasteiger partial charge on any atom is -0.507 e. The Balaban J connectivity index is 1.55. The van der Waals surface area contributed by atoms with E-state index in [-0.39, 0.29) is 11.5 Å². The Labute approximate surface area is 167 Å². The fourth-order valence-corrected chi connectivity index (χ4v) is 4.14. The molecule has 2 atom stereocenters. The van der Waals surface area contributed by atoms with Gasteiger partial charge >= 0.3 is 6.18 Å². The molecule has 0 bridgehead atoms. The molecule has 4 rings (SSSR count). The van der Waals surface area contributed by atoms with Crippen LogP contribution in [0.15, 0.2) is 24.3 Å². The van der Waals surface area contributed by atoms with E-state index in [9.17, 15) is 23.4 Å². The van der Waals surface area contributed by atoms with Crippen LogP contribution in [0.5, 0.6) is 5.75 Å². The van der Waals surface area contributed by atoms with Crippen LogP contribution in [-0.4, -0.2) is 44.4 Å². The van der Waals surface area contributed by atoms with Crippen molar-refractivity contribution in [1.29, 1.82) is 0 Å². The van der Waals surface area contributed by atoms with E-state index in [2.05, 4.69) is 15.1 Å². The van der Waals surface area contributed by atoms with Gasteiger partial charge in [0.2, 0.25) is 0 Å². The van der Waals surface area contributed by atoms with Gasteiger partial charge in [0.25, 0.3) is 0 Å². The molecule has 5 nitrogen and oxygen atoms in total. The Morgan fingerprint density at radius 3 is 2.52 bits per heavy atom. The average Bonchev–Trinajstić information content (AvgIpc) is 3.52. The van der Waals surface area contributed by atoms with Crippen molar-refractivity contribution in [2.75, 3.05) is 13.1 Å². The topological polar surface area (TPSA) is 69.5 Å². The number of benzene rings is 1. The number of rotatable bonds is 4. The van der Waals surface area contributed by atoms with Gasteiger partial charge in [-0.15, -0.1) is 5.10 Å². The molecule has 1 saturated heterocycles. The van der Waals surface area contributed by atoms with Gasteiger partial charge in [-0.3, -0.25) is 4.90 Å². The number of phenols is 1. The summed E-state index contributed by atoms with van der Waals surface area (Å²) in [5, 5.41) is 29.2. The van der Waals surface area contributed by atoms with Gasteiger partial charge in [-0.2, -0.15) is 18.3 Å². The highest BCUT2D eigenvalue weighted by Gasteiger charge is 2.36. The summed E-state index contributed by atoms with van der Waals surface area (Å²) in [6.07, 6.45) is -0.841. The van der Waals surface area contributed by atoms with Gasteiger partial charge < -0.3 is 10.2 Å². The lowest BCUT2D eigenvalue weighted by Gasteiger charge is -2.35. The molecule has 0 spiro atoms. The van der Waals surface area contributed by atoms with Crippen molar-refractivity contribution >= 4 is 0 Å². The second-order valence-electron chi connectivity index (χ2n) is 8.10. The average molecular weight is 407 g/mol. The lowest BCUT2D eigenvalue weighted by atomic mass is 9.90. The number of aliphatic hydroxyl groups is 1. The summed E-state index contributed by atoms with van der Waals surface area (Å²) < 4.78 is 38.4. The van der Waals surface area contributed by atoms with Crippen molar-refractivity contribution in [2.45, 2.75) is 50.9 Å². The third-order valence-corrected chi connectivity index (χ3v) is 5.89. The second-order valence-corrected chi connectivity index (χ2v) is 8.10. The molecular formula is C21H24F3N3O2. The van der Waals surface area contributed by atoms with Crippen LogP contribution in [0.2, 0.25) is 0 Å². The van der Waals surface area contributed by atoms with Gasteiger partial charge in [0.1, 0.15) is 11.9 Å². The standard InChI is InChI=1S/C21H24F3N3O2/c1-12-9-17(20(29)13-3-2-8-27(11-13)15-5-6-15)25-26-19(12)16-7-4-14(10-18(16)28)21(22,23)24/h4,7,9-10,13,15,20,28-29H,2-3,5-6,8,11H2,1H3/t13?,20-/m1/s1. The zero-order valence-corrected chi connectivity index (χ0v) is 16.2. The third kappa shape index (κ3) is 4.23. The van der Waals surface area contributed by atoms with E-state index in [0.29, 0.717) is 29.1 Å². The number of aryl methyl sites for hydroxylation is 1. The SMILES string of the molecule is Cc1cc([C@H](O)C2CCCN(C3CC3)C2)nnc1-c1ccc(C(F)(F)F)cc1O. The number of aliphatic hydroxyl groups excluding tert-OH is 1. The van der Waals surface area contributed by atoms with Gasteiger partial charge in [-0.25, -0.2) is 0 Å². The van der Waals surface area contributed by atoms with E-state index < -0.39 is 23.6 Å². The molecule has 2 N–H and O–H groups in total. The Morgan fingerprint density at radius 1 is 1.14 bits per heavy atom. The lowest BCUT2D eigenvalue weighted by molar-refractivity contribution is -0.137. The van der Waals surface area contributed by atoms with Crippen LogP contribution in [-0.2, 0) is 6.18 Å². The molecule has 8 heteroatoms. The zero-order valence-electron chi connectivity index (χ0n) is 16.2. The molecule has 1 saturated carbocycles. The maximum absolute atomic E-state index is 12.8. The molecule has 2 aliphatic rings. The summed E-state index contributed by atoms with van der Waals surface area (Å²) in [4.78, 5) is 2.44. The van der Waals surface area contributed by atoms with Crippen LogP contribution < -0.4 is 0 Å². The minimum atomic E-state index is -4.53. The first kappa shape index (κ1) is 20.1. The molecule has 156 valence electrons. The summed E-state index contributed by atoms with van der Waals surface area (Å²) in [5.41, 5.74) is 0.658. The number of aromatic hydroxyl groups is 1. The molecule has 0 amide bonds. The maximum Gasteiger partial charge on any atom is 0.416 e. The van der Waals surface area contributed by atoms with Crippen molar-refractivity contribution in [2.24, 2.45) is 5.92 Å². The van der Waals surface area contributed by atoms with Crippen LogP contribution in [0.3, 0.4) is 0 Å². The largest absolute Gasteiger partial charge is 0.507 e. The number of hydrogen-bond acceptors (Lipinski definition) is 5. The number of piperidine rings is 1. The normalized spacial score (nSPS) is 21.9. The van der Waals surface area contributed by atoms with Gasteiger partial charge in [-0.05, 0) is 69.0 Å². The zero-order chi connectivity index (χ0) is 20.8. The van der Waals surface area contributed by atoms with E-state index in [1.807, 2.05) is 0 Å². The predicted octanol–water partition coefficient (Wildman–Crippen LogP) is 4.08. The van der Waals surface area contributed by atoms with E-state index in [4.69, 9.17) is 0 Å². The minimum absolute atomic E-state index is 0.0865. The van der Waals surface area contributed by atoms with Gasteiger partial charge in [0.05, 0.1) is 17.0 Å². The first-order valence-corrected chi connectivity index (χ1v) is 9.91. The van der Waals surface area contributed by atoms with E-state index >= 15 is 0 Å². The molecule has 29 heavy (non-hydrogen) atoms. The molecule has 1 unspecified atom stereocenters. The van der Waals surface area contributed by atoms with Crippen molar-refractivity contribution in [3.05, 3.63) is 41.1 Å². The van der Waals surface area contributed by atoms with Gasteiger partial charge in [-0.1, -0.05) is 0 Å². The molecule has 1 aliphatic heterocycles. The molecular weight excluding hydrogens is 383 g/mol. The number of aromatic nitrogens is 2. The van der Waals surface area contributed by atoms with E-state index in [0.717, 1.165) is 32.0 Å². The van der Waals surface area contributed by atoms with E-state index in [1.165, 1.54) is 18.9 Å². The predicted molar refractivity (Wildman–Crippen MR) is 101 cm³/mol. The fraction of sp³-hybridized carbons (Fsp3) is 0.524.